The largest absolute Gasteiger partial charge is 0.342 e. The Morgan fingerprint density at radius 2 is 2.07 bits per heavy atom. The van der Waals surface area contributed by atoms with E-state index in [4.69, 9.17) is 0 Å². The van der Waals surface area contributed by atoms with Crippen LogP contribution >= 0.6 is 0 Å². The Bertz CT molecular complexity index is 960. The van der Waals surface area contributed by atoms with Gasteiger partial charge in [-0.05, 0) is 30.9 Å². The van der Waals surface area contributed by atoms with E-state index in [-0.39, 0.29) is 23.3 Å². The number of fused-ring (bicyclic) bond motifs is 1. The van der Waals surface area contributed by atoms with Crippen LogP contribution in [0, 0.1) is 0 Å². The summed E-state index contributed by atoms with van der Waals surface area (Å²) in [5, 5.41) is 3.82. The van der Waals surface area contributed by atoms with Crippen molar-refractivity contribution in [3.05, 3.63) is 59.7 Å². The summed E-state index contributed by atoms with van der Waals surface area (Å²) in [6.45, 7) is 1.19. The number of hydrogen-bond acceptors (Lipinski definition) is 4. The number of hydrogen-bond donors (Lipinski definition) is 0. The fourth-order valence-electron chi connectivity index (χ4n) is 3.72. The molecule has 3 heterocycles. The minimum Gasteiger partial charge on any atom is -0.342 e. The summed E-state index contributed by atoms with van der Waals surface area (Å²) < 4.78 is 27.9. The first-order chi connectivity index (χ1) is 13.6. The van der Waals surface area contributed by atoms with Gasteiger partial charge in [-0.15, -0.1) is 0 Å². The minimum atomic E-state index is -2.67. The zero-order chi connectivity index (χ0) is 19.5. The van der Waals surface area contributed by atoms with Crippen LogP contribution in [0.3, 0.4) is 0 Å². The number of alkyl halides is 2. The van der Waals surface area contributed by atoms with Gasteiger partial charge in [-0.25, -0.2) is 13.8 Å². The average molecular weight is 385 g/mol. The molecule has 0 bridgehead atoms. The summed E-state index contributed by atoms with van der Waals surface area (Å²) in [4.78, 5) is 22.9. The monoisotopic (exact) mass is 385 g/mol. The lowest BCUT2D eigenvalue weighted by atomic mass is 9.93. The SMILES string of the molecule is O=C(CCc1ccccc1)N1CCC[C@H](c2cc(C(F)F)n3ncnc3n2)C1. The predicted octanol–water partition coefficient (Wildman–Crippen LogP) is 3.40. The van der Waals surface area contributed by atoms with Gasteiger partial charge < -0.3 is 4.90 Å². The standard InChI is InChI=1S/C20H21F2N5O/c21-19(22)17-11-16(25-20-23-13-24-27(17)20)15-7-4-10-26(12-15)18(28)9-8-14-5-2-1-3-6-14/h1-3,5-6,11,13,15,19H,4,7-10,12H2/t15-/m0/s1. The molecule has 6 nitrogen and oxygen atoms in total. The fourth-order valence-corrected chi connectivity index (χ4v) is 3.72. The number of benzene rings is 1. The number of amides is 1. The fraction of sp³-hybridized carbons (Fsp3) is 0.400. The maximum atomic E-state index is 13.4. The number of rotatable bonds is 5. The molecule has 0 aliphatic carbocycles. The molecule has 1 saturated heterocycles. The molecule has 0 saturated carbocycles. The van der Waals surface area contributed by atoms with E-state index in [1.807, 2.05) is 35.2 Å². The molecule has 1 fully saturated rings. The Hall–Kier alpha value is -2.90. The summed E-state index contributed by atoms with van der Waals surface area (Å²) in [7, 11) is 0. The van der Waals surface area contributed by atoms with Crippen molar-refractivity contribution in [1.29, 1.82) is 0 Å². The highest BCUT2D eigenvalue weighted by Crippen LogP contribution is 2.29. The maximum Gasteiger partial charge on any atom is 0.280 e. The molecule has 1 aromatic carbocycles. The highest BCUT2D eigenvalue weighted by Gasteiger charge is 2.27. The Balaban J connectivity index is 1.47. The van der Waals surface area contributed by atoms with Crippen LogP contribution in [0.5, 0.6) is 0 Å². The number of piperidine rings is 1. The third kappa shape index (κ3) is 3.85. The second-order valence-corrected chi connectivity index (χ2v) is 7.04. The van der Waals surface area contributed by atoms with Gasteiger partial charge in [0, 0.05) is 25.4 Å². The van der Waals surface area contributed by atoms with Crippen LogP contribution in [0.1, 0.15) is 48.6 Å². The van der Waals surface area contributed by atoms with Crippen LogP contribution in [-0.4, -0.2) is 43.5 Å². The first kappa shape index (κ1) is 18.5. The summed E-state index contributed by atoms with van der Waals surface area (Å²) in [6, 6.07) is 11.3. The number of aromatic nitrogens is 4. The number of carbonyl (C=O) groups is 1. The van der Waals surface area contributed by atoms with Crippen molar-refractivity contribution >= 4 is 11.7 Å². The molecule has 1 amide bonds. The summed E-state index contributed by atoms with van der Waals surface area (Å²) >= 11 is 0. The van der Waals surface area contributed by atoms with E-state index in [1.165, 1.54) is 12.4 Å². The first-order valence-corrected chi connectivity index (χ1v) is 9.42. The molecule has 146 valence electrons. The normalized spacial score (nSPS) is 17.4. The number of aryl methyl sites for hydroxylation is 1. The van der Waals surface area contributed by atoms with E-state index >= 15 is 0 Å². The van der Waals surface area contributed by atoms with Gasteiger partial charge in [0.15, 0.2) is 0 Å². The molecule has 0 radical (unpaired) electrons. The third-order valence-electron chi connectivity index (χ3n) is 5.19. The molecule has 1 aliphatic rings. The van der Waals surface area contributed by atoms with E-state index in [2.05, 4.69) is 15.1 Å². The molecular formula is C20H21F2N5O. The molecule has 0 unspecified atom stereocenters. The summed E-state index contributed by atoms with van der Waals surface area (Å²) in [5.74, 6) is 0.181. The molecule has 4 rings (SSSR count). The summed E-state index contributed by atoms with van der Waals surface area (Å²) in [5.41, 5.74) is 1.46. The lowest BCUT2D eigenvalue weighted by Crippen LogP contribution is -2.39. The third-order valence-corrected chi connectivity index (χ3v) is 5.19. The van der Waals surface area contributed by atoms with Crippen molar-refractivity contribution in [2.24, 2.45) is 0 Å². The predicted molar refractivity (Wildman–Crippen MR) is 99.1 cm³/mol. The highest BCUT2D eigenvalue weighted by molar-refractivity contribution is 5.76. The van der Waals surface area contributed by atoms with E-state index < -0.39 is 6.43 Å². The maximum absolute atomic E-state index is 13.4. The number of likely N-dealkylation sites (tertiary alicyclic amines) is 1. The molecule has 0 N–H and O–H groups in total. The van der Waals surface area contributed by atoms with Crippen LogP contribution in [0.4, 0.5) is 8.78 Å². The number of halogens is 2. The van der Waals surface area contributed by atoms with Crippen LogP contribution in [0.15, 0.2) is 42.7 Å². The Labute approximate surface area is 161 Å². The minimum absolute atomic E-state index is 0.0753. The van der Waals surface area contributed by atoms with Crippen LogP contribution in [0.2, 0.25) is 0 Å². The van der Waals surface area contributed by atoms with E-state index in [9.17, 15) is 13.6 Å². The smallest absolute Gasteiger partial charge is 0.280 e. The molecule has 2 aromatic heterocycles. The topological polar surface area (TPSA) is 63.4 Å². The van der Waals surface area contributed by atoms with Crippen molar-refractivity contribution < 1.29 is 13.6 Å². The summed E-state index contributed by atoms with van der Waals surface area (Å²) in [6.07, 6.45) is 1.32. The van der Waals surface area contributed by atoms with Gasteiger partial charge in [-0.1, -0.05) is 30.3 Å². The Morgan fingerprint density at radius 3 is 2.86 bits per heavy atom. The molecule has 8 heteroatoms. The van der Waals surface area contributed by atoms with Crippen LogP contribution in [-0.2, 0) is 11.2 Å². The first-order valence-electron chi connectivity index (χ1n) is 9.42. The Kier molecular flexibility index (Phi) is 5.27. The molecule has 1 atom stereocenters. The van der Waals surface area contributed by atoms with Gasteiger partial charge in [0.1, 0.15) is 12.0 Å². The van der Waals surface area contributed by atoms with Crippen molar-refractivity contribution in [3.8, 4) is 0 Å². The second-order valence-electron chi connectivity index (χ2n) is 7.04. The molecule has 28 heavy (non-hydrogen) atoms. The highest BCUT2D eigenvalue weighted by atomic mass is 19.3. The van der Waals surface area contributed by atoms with Crippen LogP contribution in [0.25, 0.3) is 5.78 Å². The molecule has 1 aliphatic heterocycles. The van der Waals surface area contributed by atoms with E-state index in [1.54, 1.807) is 0 Å². The Morgan fingerprint density at radius 1 is 1.25 bits per heavy atom. The molecule has 3 aromatic rings. The zero-order valence-electron chi connectivity index (χ0n) is 15.3. The lowest BCUT2D eigenvalue weighted by Gasteiger charge is -2.32. The lowest BCUT2D eigenvalue weighted by molar-refractivity contribution is -0.132. The van der Waals surface area contributed by atoms with Crippen LogP contribution < -0.4 is 0 Å². The van der Waals surface area contributed by atoms with Gasteiger partial charge in [-0.3, -0.25) is 4.79 Å². The average Bonchev–Trinajstić information content (AvgIpc) is 3.20. The van der Waals surface area contributed by atoms with Crippen molar-refractivity contribution in [2.45, 2.75) is 38.0 Å². The number of carbonyl (C=O) groups excluding carboxylic acids is 1. The number of nitrogens with zero attached hydrogens (tertiary/aromatic N) is 5. The van der Waals surface area contributed by atoms with E-state index in [0.29, 0.717) is 31.6 Å². The van der Waals surface area contributed by atoms with E-state index in [0.717, 1.165) is 22.9 Å². The second kappa shape index (κ2) is 8.00. The van der Waals surface area contributed by atoms with Gasteiger partial charge in [0.05, 0.1) is 5.69 Å². The van der Waals surface area contributed by atoms with Crippen molar-refractivity contribution in [3.63, 3.8) is 0 Å². The van der Waals surface area contributed by atoms with Gasteiger partial charge >= 0.3 is 0 Å². The molecular weight excluding hydrogens is 364 g/mol. The van der Waals surface area contributed by atoms with Gasteiger partial charge in [0.25, 0.3) is 12.2 Å². The zero-order valence-corrected chi connectivity index (χ0v) is 15.3. The van der Waals surface area contributed by atoms with Gasteiger partial charge in [0.2, 0.25) is 5.91 Å². The van der Waals surface area contributed by atoms with Gasteiger partial charge in [-0.2, -0.15) is 14.6 Å². The van der Waals surface area contributed by atoms with Crippen molar-refractivity contribution in [2.75, 3.05) is 13.1 Å². The quantitative estimate of drug-likeness (QED) is 0.675. The molecule has 0 spiro atoms. The van der Waals surface area contributed by atoms with Crippen molar-refractivity contribution in [1.82, 2.24) is 24.5 Å².